The molecule has 0 aliphatic carbocycles. The summed E-state index contributed by atoms with van der Waals surface area (Å²) in [5.74, 6) is -3.99. The van der Waals surface area contributed by atoms with Gasteiger partial charge in [0.05, 0.1) is 0 Å². The van der Waals surface area contributed by atoms with Crippen LogP contribution in [0, 0.1) is 17.5 Å². The first kappa shape index (κ1) is 13.9. The van der Waals surface area contributed by atoms with E-state index >= 15 is 0 Å². The number of rotatable bonds is 3. The van der Waals surface area contributed by atoms with E-state index in [2.05, 4.69) is 0 Å². The van der Waals surface area contributed by atoms with Crippen LogP contribution in [0.25, 0.3) is 0 Å². The molecule has 2 rings (SSSR count). The van der Waals surface area contributed by atoms with E-state index in [-0.39, 0.29) is 12.0 Å². The maximum Gasteiger partial charge on any atom is 0.194 e. The van der Waals surface area contributed by atoms with Gasteiger partial charge in [0.15, 0.2) is 17.5 Å². The molecule has 100 valence electrons. The molecule has 0 aliphatic rings. The largest absolute Gasteiger partial charge is 0.324 e. The monoisotopic (exact) mass is 285 g/mol. The van der Waals surface area contributed by atoms with Gasteiger partial charge in [0.1, 0.15) is 0 Å². The Kier molecular flexibility index (Phi) is 4.12. The van der Waals surface area contributed by atoms with Crippen LogP contribution in [0.15, 0.2) is 36.4 Å². The molecule has 0 bridgehead atoms. The van der Waals surface area contributed by atoms with E-state index in [0.29, 0.717) is 5.02 Å². The van der Waals surface area contributed by atoms with Crippen molar-refractivity contribution in [3.63, 3.8) is 0 Å². The highest BCUT2D eigenvalue weighted by molar-refractivity contribution is 6.31. The average Bonchev–Trinajstić information content (AvgIpc) is 2.39. The highest BCUT2D eigenvalue weighted by Crippen LogP contribution is 2.25. The zero-order valence-corrected chi connectivity index (χ0v) is 10.6. The molecule has 0 heterocycles. The summed E-state index contributed by atoms with van der Waals surface area (Å²) in [6, 6.07) is 8.18. The summed E-state index contributed by atoms with van der Waals surface area (Å²) >= 11 is 5.97. The Morgan fingerprint density at radius 3 is 2.37 bits per heavy atom. The van der Waals surface area contributed by atoms with Gasteiger partial charge < -0.3 is 5.73 Å². The number of benzene rings is 2. The number of hydrogen-bond donors (Lipinski definition) is 1. The fourth-order valence-corrected chi connectivity index (χ4v) is 2.05. The molecule has 2 aromatic rings. The Morgan fingerprint density at radius 1 is 1.00 bits per heavy atom. The summed E-state index contributed by atoms with van der Waals surface area (Å²) in [5, 5.41) is 0.501. The molecule has 1 unspecified atom stereocenters. The lowest BCUT2D eigenvalue weighted by Crippen LogP contribution is -2.16. The quantitative estimate of drug-likeness (QED) is 0.848. The van der Waals surface area contributed by atoms with E-state index in [0.717, 1.165) is 17.7 Å². The molecule has 2 aromatic carbocycles. The maximum absolute atomic E-state index is 13.6. The lowest BCUT2D eigenvalue weighted by molar-refractivity contribution is 0.435. The minimum Gasteiger partial charge on any atom is -0.324 e. The van der Waals surface area contributed by atoms with Crippen LogP contribution in [0.4, 0.5) is 13.2 Å². The third-order valence-electron chi connectivity index (χ3n) is 2.86. The van der Waals surface area contributed by atoms with Gasteiger partial charge in [-0.15, -0.1) is 0 Å². The third-order valence-corrected chi connectivity index (χ3v) is 3.23. The second-order valence-electron chi connectivity index (χ2n) is 4.17. The predicted molar refractivity (Wildman–Crippen MR) is 68.4 cm³/mol. The van der Waals surface area contributed by atoms with Crippen molar-refractivity contribution in [2.45, 2.75) is 12.5 Å². The van der Waals surface area contributed by atoms with Crippen LogP contribution in [0.5, 0.6) is 0 Å². The van der Waals surface area contributed by atoms with Crippen LogP contribution in [-0.2, 0) is 6.42 Å². The van der Waals surface area contributed by atoms with Crippen molar-refractivity contribution in [2.24, 2.45) is 5.73 Å². The summed E-state index contributed by atoms with van der Waals surface area (Å²) in [6.45, 7) is 0. The van der Waals surface area contributed by atoms with Gasteiger partial charge in [0.25, 0.3) is 0 Å². The number of halogens is 4. The first-order valence-corrected chi connectivity index (χ1v) is 6.01. The zero-order chi connectivity index (χ0) is 14.0. The van der Waals surface area contributed by atoms with E-state index in [4.69, 9.17) is 17.3 Å². The van der Waals surface area contributed by atoms with Crippen LogP contribution in [0.3, 0.4) is 0 Å². The van der Waals surface area contributed by atoms with Crippen LogP contribution in [0.2, 0.25) is 5.02 Å². The summed E-state index contributed by atoms with van der Waals surface area (Å²) in [7, 11) is 0. The molecule has 1 atom stereocenters. The standard InChI is InChI=1S/C14H11ClF3N/c15-10-4-2-1-3-8(10)7-12(19)9-5-6-11(16)14(18)13(9)17/h1-6,12H,7,19H2. The Labute approximate surface area is 113 Å². The van der Waals surface area contributed by atoms with E-state index in [1.165, 1.54) is 0 Å². The van der Waals surface area contributed by atoms with Crippen LogP contribution < -0.4 is 5.73 Å². The Morgan fingerprint density at radius 2 is 1.68 bits per heavy atom. The Hall–Kier alpha value is -1.52. The van der Waals surface area contributed by atoms with Crippen LogP contribution in [0.1, 0.15) is 17.2 Å². The van der Waals surface area contributed by atoms with Crippen molar-refractivity contribution >= 4 is 11.6 Å². The van der Waals surface area contributed by atoms with Gasteiger partial charge in [-0.1, -0.05) is 35.9 Å². The van der Waals surface area contributed by atoms with Crippen molar-refractivity contribution < 1.29 is 13.2 Å². The molecule has 0 amide bonds. The molecule has 0 fully saturated rings. The van der Waals surface area contributed by atoms with E-state index in [9.17, 15) is 13.2 Å². The molecule has 2 N–H and O–H groups in total. The number of nitrogens with two attached hydrogens (primary N) is 1. The van der Waals surface area contributed by atoms with Gasteiger partial charge in [-0.3, -0.25) is 0 Å². The van der Waals surface area contributed by atoms with Gasteiger partial charge in [0.2, 0.25) is 0 Å². The van der Waals surface area contributed by atoms with Gasteiger partial charge in [-0.2, -0.15) is 0 Å². The molecular weight excluding hydrogens is 275 g/mol. The molecule has 0 aromatic heterocycles. The van der Waals surface area contributed by atoms with E-state index < -0.39 is 23.5 Å². The molecule has 19 heavy (non-hydrogen) atoms. The topological polar surface area (TPSA) is 26.0 Å². The molecule has 0 saturated heterocycles. The van der Waals surface area contributed by atoms with Gasteiger partial charge >= 0.3 is 0 Å². The van der Waals surface area contributed by atoms with Crippen molar-refractivity contribution in [1.29, 1.82) is 0 Å². The fraction of sp³-hybridized carbons (Fsp3) is 0.143. The molecule has 1 nitrogen and oxygen atoms in total. The predicted octanol–water partition coefficient (Wildman–Crippen LogP) is 4.00. The average molecular weight is 286 g/mol. The van der Waals surface area contributed by atoms with Crippen molar-refractivity contribution in [1.82, 2.24) is 0 Å². The van der Waals surface area contributed by atoms with Crippen LogP contribution in [-0.4, -0.2) is 0 Å². The lowest BCUT2D eigenvalue weighted by Gasteiger charge is -2.14. The molecule has 0 saturated carbocycles. The molecule has 5 heteroatoms. The van der Waals surface area contributed by atoms with Crippen molar-refractivity contribution in [2.75, 3.05) is 0 Å². The third kappa shape index (κ3) is 2.91. The smallest absolute Gasteiger partial charge is 0.194 e. The van der Waals surface area contributed by atoms with Crippen molar-refractivity contribution in [3.05, 3.63) is 70.0 Å². The zero-order valence-electron chi connectivity index (χ0n) is 9.84. The molecule has 0 radical (unpaired) electrons. The van der Waals surface area contributed by atoms with Crippen LogP contribution >= 0.6 is 11.6 Å². The summed E-state index contributed by atoms with van der Waals surface area (Å²) in [5.41, 5.74) is 6.48. The second kappa shape index (κ2) is 5.63. The minimum atomic E-state index is -1.51. The maximum atomic E-state index is 13.6. The second-order valence-corrected chi connectivity index (χ2v) is 4.57. The van der Waals surface area contributed by atoms with Gasteiger partial charge in [0, 0.05) is 16.6 Å². The molecular formula is C14H11ClF3N. The summed E-state index contributed by atoms with van der Waals surface area (Å²) in [6.07, 6.45) is 0.238. The lowest BCUT2D eigenvalue weighted by atomic mass is 9.99. The summed E-state index contributed by atoms with van der Waals surface area (Å²) < 4.78 is 39.6. The minimum absolute atomic E-state index is 0.0705. The summed E-state index contributed by atoms with van der Waals surface area (Å²) in [4.78, 5) is 0. The van der Waals surface area contributed by atoms with Gasteiger partial charge in [-0.05, 0) is 24.1 Å². The van der Waals surface area contributed by atoms with Crippen molar-refractivity contribution in [3.8, 4) is 0 Å². The first-order chi connectivity index (χ1) is 9.00. The van der Waals surface area contributed by atoms with E-state index in [1.54, 1.807) is 24.3 Å². The normalized spacial score (nSPS) is 12.5. The Balaban J connectivity index is 2.28. The molecule has 0 spiro atoms. The number of hydrogen-bond acceptors (Lipinski definition) is 1. The SMILES string of the molecule is NC(Cc1ccccc1Cl)c1ccc(F)c(F)c1F. The van der Waals surface area contributed by atoms with Gasteiger partial charge in [-0.25, -0.2) is 13.2 Å². The molecule has 0 aliphatic heterocycles. The first-order valence-electron chi connectivity index (χ1n) is 5.63. The highest BCUT2D eigenvalue weighted by atomic mass is 35.5. The van der Waals surface area contributed by atoms with E-state index in [1.807, 2.05) is 0 Å². The Bertz CT molecular complexity index is 601. The fourth-order valence-electron chi connectivity index (χ4n) is 1.84. The highest BCUT2D eigenvalue weighted by Gasteiger charge is 2.19.